The number of carbonyl (C=O) groups is 2. The summed E-state index contributed by atoms with van der Waals surface area (Å²) in [4.78, 5) is 31.0. The van der Waals surface area contributed by atoms with Gasteiger partial charge in [-0.1, -0.05) is 17.7 Å². The molecule has 2 heterocycles. The summed E-state index contributed by atoms with van der Waals surface area (Å²) in [6.45, 7) is 0.239. The fraction of sp³-hybridized carbons (Fsp3) is 0.250. The Kier molecular flexibility index (Phi) is 6.41. The van der Waals surface area contributed by atoms with Crippen LogP contribution in [-0.4, -0.2) is 58.2 Å². The average molecular weight is 403 g/mol. The largest absolute Gasteiger partial charge is 0.507 e. The van der Waals surface area contributed by atoms with Crippen molar-refractivity contribution in [1.29, 1.82) is 0 Å². The average Bonchev–Trinajstić information content (AvgIpc) is 2.97. The van der Waals surface area contributed by atoms with E-state index in [1.165, 1.54) is 4.90 Å². The molecule has 0 bridgehead atoms. The fourth-order valence-corrected chi connectivity index (χ4v) is 3.17. The van der Waals surface area contributed by atoms with Crippen molar-refractivity contribution in [3.63, 3.8) is 0 Å². The molecule has 1 unspecified atom stereocenters. The first-order valence-corrected chi connectivity index (χ1v) is 9.06. The molecular weight excluding hydrogens is 384 g/mol. The lowest BCUT2D eigenvalue weighted by Crippen LogP contribution is -2.33. The van der Waals surface area contributed by atoms with Gasteiger partial charge in [0.1, 0.15) is 11.8 Å². The van der Waals surface area contributed by atoms with Crippen LogP contribution in [0.5, 0.6) is 0 Å². The Morgan fingerprint density at radius 1 is 1.14 bits per heavy atom. The third-order valence-corrected chi connectivity index (χ3v) is 4.59. The lowest BCUT2D eigenvalue weighted by Gasteiger charge is -2.24. The van der Waals surface area contributed by atoms with Gasteiger partial charge in [-0.05, 0) is 36.4 Å². The molecule has 2 N–H and O–H groups in total. The van der Waals surface area contributed by atoms with E-state index in [1.54, 1.807) is 48.7 Å². The predicted octanol–water partition coefficient (Wildman–Crippen LogP) is 2.17. The highest BCUT2D eigenvalue weighted by atomic mass is 35.5. The normalized spacial score (nSPS) is 18.6. The van der Waals surface area contributed by atoms with Gasteiger partial charge in [0, 0.05) is 23.3 Å². The molecule has 0 radical (unpaired) electrons. The van der Waals surface area contributed by atoms with E-state index in [0.717, 1.165) is 0 Å². The van der Waals surface area contributed by atoms with E-state index in [1.807, 2.05) is 0 Å². The topological polar surface area (TPSA) is 100.0 Å². The van der Waals surface area contributed by atoms with E-state index < -0.39 is 17.7 Å². The number of ether oxygens (including phenoxy) is 1. The Labute approximate surface area is 166 Å². The van der Waals surface area contributed by atoms with Gasteiger partial charge in [0.15, 0.2) is 0 Å². The number of aliphatic hydroxyl groups excluding tert-OH is 2. The van der Waals surface area contributed by atoms with Crippen LogP contribution in [-0.2, 0) is 14.3 Å². The van der Waals surface area contributed by atoms with E-state index in [0.29, 0.717) is 16.3 Å². The number of aliphatic hydroxyl groups is 2. The number of pyridine rings is 1. The zero-order valence-electron chi connectivity index (χ0n) is 14.9. The Balaban J connectivity index is 2.03. The standard InChI is InChI=1S/C20H19ClN2O5/c21-14-6-4-13(5-7-14)18(25)16-17(15-3-1-2-8-22-15)23(20(27)19(16)26)9-11-28-12-10-24/h1-8,17,24-25H,9-12H2/b18-16-. The highest BCUT2D eigenvalue weighted by Crippen LogP contribution is 2.38. The second kappa shape index (κ2) is 8.97. The number of halogens is 1. The first kappa shape index (κ1) is 20.0. The molecule has 1 aliphatic rings. The van der Waals surface area contributed by atoms with Crippen LogP contribution in [0.2, 0.25) is 5.02 Å². The van der Waals surface area contributed by atoms with Gasteiger partial charge in [0.05, 0.1) is 31.1 Å². The number of rotatable bonds is 7. The maximum absolute atomic E-state index is 12.7. The predicted molar refractivity (Wildman–Crippen MR) is 103 cm³/mol. The Hall–Kier alpha value is -2.74. The number of aromatic nitrogens is 1. The minimum Gasteiger partial charge on any atom is -0.507 e. The van der Waals surface area contributed by atoms with Crippen molar-refractivity contribution in [2.45, 2.75) is 6.04 Å². The molecule has 2 aromatic rings. The van der Waals surface area contributed by atoms with Gasteiger partial charge in [0.2, 0.25) is 0 Å². The van der Waals surface area contributed by atoms with E-state index in [-0.39, 0.29) is 37.7 Å². The van der Waals surface area contributed by atoms with Crippen molar-refractivity contribution >= 4 is 29.1 Å². The molecule has 7 nitrogen and oxygen atoms in total. The summed E-state index contributed by atoms with van der Waals surface area (Å²) in [6, 6.07) is 10.6. The monoisotopic (exact) mass is 402 g/mol. The molecular formula is C20H19ClN2O5. The van der Waals surface area contributed by atoms with Crippen LogP contribution < -0.4 is 0 Å². The van der Waals surface area contributed by atoms with E-state index >= 15 is 0 Å². The highest BCUT2D eigenvalue weighted by molar-refractivity contribution is 6.46. The fourth-order valence-electron chi connectivity index (χ4n) is 3.05. The summed E-state index contributed by atoms with van der Waals surface area (Å²) >= 11 is 5.89. The molecule has 28 heavy (non-hydrogen) atoms. The molecule has 146 valence electrons. The van der Waals surface area contributed by atoms with Crippen LogP contribution in [0.25, 0.3) is 5.76 Å². The third-order valence-electron chi connectivity index (χ3n) is 4.34. The number of benzene rings is 1. The van der Waals surface area contributed by atoms with Crippen LogP contribution >= 0.6 is 11.6 Å². The Morgan fingerprint density at radius 3 is 2.54 bits per heavy atom. The van der Waals surface area contributed by atoms with Crippen LogP contribution in [0.1, 0.15) is 17.3 Å². The summed E-state index contributed by atoms with van der Waals surface area (Å²) in [6.07, 6.45) is 1.56. The first-order valence-electron chi connectivity index (χ1n) is 8.68. The molecule has 1 saturated heterocycles. The van der Waals surface area contributed by atoms with Gasteiger partial charge < -0.3 is 19.8 Å². The first-order chi connectivity index (χ1) is 13.5. The van der Waals surface area contributed by atoms with E-state index in [2.05, 4.69) is 4.98 Å². The molecule has 0 aliphatic carbocycles. The van der Waals surface area contributed by atoms with Crippen molar-refractivity contribution in [3.8, 4) is 0 Å². The maximum Gasteiger partial charge on any atom is 0.295 e. The van der Waals surface area contributed by atoms with Gasteiger partial charge in [-0.2, -0.15) is 0 Å². The SMILES string of the molecule is O=C1C(=O)N(CCOCCO)C(c2ccccn2)/C1=C(/O)c1ccc(Cl)cc1. The summed E-state index contributed by atoms with van der Waals surface area (Å²) < 4.78 is 5.24. The molecule has 8 heteroatoms. The maximum atomic E-state index is 12.7. The zero-order valence-corrected chi connectivity index (χ0v) is 15.7. The lowest BCUT2D eigenvalue weighted by molar-refractivity contribution is -0.140. The zero-order chi connectivity index (χ0) is 20.1. The van der Waals surface area contributed by atoms with Crippen LogP contribution in [0.4, 0.5) is 0 Å². The number of Topliss-reactive ketones (excluding diaryl/α,β-unsaturated/α-hetero) is 1. The Bertz CT molecular complexity index is 883. The molecule has 3 rings (SSSR count). The molecule has 1 aromatic carbocycles. The number of carbonyl (C=O) groups excluding carboxylic acids is 2. The summed E-state index contributed by atoms with van der Waals surface area (Å²) in [5.74, 6) is -1.81. The molecule has 0 spiro atoms. The number of amides is 1. The third kappa shape index (κ3) is 4.06. The van der Waals surface area contributed by atoms with Gasteiger partial charge in [-0.15, -0.1) is 0 Å². The quantitative estimate of drug-likeness (QED) is 0.318. The molecule has 1 aromatic heterocycles. The summed E-state index contributed by atoms with van der Waals surface area (Å²) in [5, 5.41) is 20.1. The number of likely N-dealkylation sites (tertiary alicyclic amines) is 1. The van der Waals surface area contributed by atoms with Gasteiger partial charge >= 0.3 is 0 Å². The molecule has 0 saturated carbocycles. The van der Waals surface area contributed by atoms with Gasteiger partial charge in [0.25, 0.3) is 11.7 Å². The smallest absolute Gasteiger partial charge is 0.295 e. The number of nitrogens with zero attached hydrogens (tertiary/aromatic N) is 2. The molecule has 1 atom stereocenters. The molecule has 1 aliphatic heterocycles. The van der Waals surface area contributed by atoms with Crippen LogP contribution in [0.3, 0.4) is 0 Å². The molecule has 1 amide bonds. The highest BCUT2D eigenvalue weighted by Gasteiger charge is 2.46. The van der Waals surface area contributed by atoms with E-state index in [9.17, 15) is 14.7 Å². The van der Waals surface area contributed by atoms with Crippen molar-refractivity contribution in [1.82, 2.24) is 9.88 Å². The number of hydrogen-bond acceptors (Lipinski definition) is 6. The molecule has 1 fully saturated rings. The summed E-state index contributed by atoms with van der Waals surface area (Å²) in [5.41, 5.74) is 0.799. The second-order valence-electron chi connectivity index (χ2n) is 6.09. The van der Waals surface area contributed by atoms with Crippen molar-refractivity contribution in [3.05, 3.63) is 70.5 Å². The van der Waals surface area contributed by atoms with Crippen molar-refractivity contribution in [2.75, 3.05) is 26.4 Å². The lowest BCUT2D eigenvalue weighted by atomic mass is 9.98. The minimum atomic E-state index is -0.838. The van der Waals surface area contributed by atoms with Gasteiger partial charge in [-0.3, -0.25) is 14.6 Å². The summed E-state index contributed by atoms with van der Waals surface area (Å²) in [7, 11) is 0. The second-order valence-corrected chi connectivity index (χ2v) is 6.53. The number of hydrogen-bond donors (Lipinski definition) is 2. The van der Waals surface area contributed by atoms with Crippen LogP contribution in [0.15, 0.2) is 54.2 Å². The number of ketones is 1. The Morgan fingerprint density at radius 2 is 1.89 bits per heavy atom. The van der Waals surface area contributed by atoms with Crippen molar-refractivity contribution < 1.29 is 24.5 Å². The van der Waals surface area contributed by atoms with Crippen LogP contribution in [0, 0.1) is 0 Å². The van der Waals surface area contributed by atoms with Gasteiger partial charge in [-0.25, -0.2) is 0 Å². The minimum absolute atomic E-state index is 0.0341. The van der Waals surface area contributed by atoms with Crippen molar-refractivity contribution in [2.24, 2.45) is 0 Å². The van der Waals surface area contributed by atoms with E-state index in [4.69, 9.17) is 21.4 Å².